The van der Waals surface area contributed by atoms with Gasteiger partial charge in [-0.25, -0.2) is 0 Å². The van der Waals surface area contributed by atoms with Gasteiger partial charge >= 0.3 is 5.97 Å². The number of hydrogen-bond donors (Lipinski definition) is 0. The van der Waals surface area contributed by atoms with E-state index >= 15 is 0 Å². The molecule has 3 nitrogen and oxygen atoms in total. The van der Waals surface area contributed by atoms with Gasteiger partial charge in [0, 0.05) is 10.3 Å². The zero-order valence-electron chi connectivity index (χ0n) is 9.35. The first-order valence-corrected chi connectivity index (χ1v) is 6.41. The molecule has 1 unspecified atom stereocenters. The van der Waals surface area contributed by atoms with Crippen molar-refractivity contribution in [2.75, 3.05) is 12.9 Å². The number of hydrogen-bond acceptors (Lipinski definition) is 4. The number of halogens is 1. The van der Waals surface area contributed by atoms with Crippen molar-refractivity contribution in [3.05, 3.63) is 34.9 Å². The number of carbonyl (C=O) groups is 1. The van der Waals surface area contributed by atoms with Crippen LogP contribution in [0.3, 0.4) is 0 Å². The van der Waals surface area contributed by atoms with E-state index in [2.05, 4.69) is 10.8 Å². The van der Waals surface area contributed by atoms with Crippen LogP contribution in [0.2, 0.25) is 5.02 Å². The molecule has 1 aromatic carbocycles. The molecule has 0 heterocycles. The van der Waals surface area contributed by atoms with Crippen molar-refractivity contribution in [2.45, 2.75) is 11.7 Å². The van der Waals surface area contributed by atoms with E-state index < -0.39 is 0 Å². The zero-order chi connectivity index (χ0) is 12.7. The third kappa shape index (κ3) is 4.68. The summed E-state index contributed by atoms with van der Waals surface area (Å²) >= 11 is 7.20. The molecule has 0 saturated carbocycles. The molecule has 17 heavy (non-hydrogen) atoms. The molecule has 90 valence electrons. The molecule has 1 aromatic rings. The van der Waals surface area contributed by atoms with Crippen LogP contribution < -0.4 is 0 Å². The Bertz CT molecular complexity index is 414. The second kappa shape index (κ2) is 7.21. The number of nitrogens with zero attached hydrogens (tertiary/aromatic N) is 1. The first-order chi connectivity index (χ1) is 8.17. The maximum Gasteiger partial charge on any atom is 0.315 e. The first kappa shape index (κ1) is 13.9. The molecule has 0 bridgehead atoms. The predicted molar refractivity (Wildman–Crippen MR) is 68.9 cm³/mol. The summed E-state index contributed by atoms with van der Waals surface area (Å²) in [6, 6.07) is 9.41. The average Bonchev–Trinajstić information content (AvgIpc) is 2.35. The normalized spacial score (nSPS) is 11.6. The number of carbonyl (C=O) groups excluding carboxylic acids is 1. The Morgan fingerprint density at radius 2 is 2.18 bits per heavy atom. The number of methoxy groups -OCH3 is 1. The molecule has 1 atom stereocenters. The molecule has 5 heteroatoms. The summed E-state index contributed by atoms with van der Waals surface area (Å²) in [7, 11) is 1.35. The molecule has 0 amide bonds. The number of esters is 1. The molecule has 0 aliphatic heterocycles. The molecule has 0 aliphatic carbocycles. The average molecular weight is 270 g/mol. The van der Waals surface area contributed by atoms with Crippen molar-refractivity contribution in [2.24, 2.45) is 0 Å². The van der Waals surface area contributed by atoms with E-state index in [0.29, 0.717) is 11.4 Å². The molecule has 0 N–H and O–H groups in total. The van der Waals surface area contributed by atoms with Crippen LogP contribution >= 0.6 is 23.4 Å². The highest BCUT2D eigenvalue weighted by atomic mass is 35.5. The largest absolute Gasteiger partial charge is 0.468 e. The molecular weight excluding hydrogens is 258 g/mol. The fourth-order valence-corrected chi connectivity index (χ4v) is 2.38. The number of thioether (sulfide) groups is 1. The van der Waals surface area contributed by atoms with Gasteiger partial charge in [-0.2, -0.15) is 5.26 Å². The van der Waals surface area contributed by atoms with Gasteiger partial charge < -0.3 is 4.74 Å². The number of ether oxygens (including phenoxy) is 1. The fourth-order valence-electron chi connectivity index (χ4n) is 1.26. The van der Waals surface area contributed by atoms with Crippen LogP contribution in [0.4, 0.5) is 0 Å². The fraction of sp³-hybridized carbons (Fsp3) is 0.333. The van der Waals surface area contributed by atoms with Gasteiger partial charge in [0.2, 0.25) is 0 Å². The van der Waals surface area contributed by atoms with Crippen molar-refractivity contribution in [1.82, 2.24) is 0 Å². The molecule has 0 aliphatic rings. The second-order valence-corrected chi connectivity index (χ2v) is 4.92. The molecule has 1 rings (SSSR count). The van der Waals surface area contributed by atoms with Crippen LogP contribution in [0, 0.1) is 11.3 Å². The van der Waals surface area contributed by atoms with Crippen LogP contribution in [-0.2, 0) is 9.53 Å². The molecule has 0 radical (unpaired) electrons. The Morgan fingerprint density at radius 3 is 2.71 bits per heavy atom. The molecule has 0 spiro atoms. The van der Waals surface area contributed by atoms with Gasteiger partial charge in [-0.3, -0.25) is 4.79 Å². The topological polar surface area (TPSA) is 50.1 Å². The van der Waals surface area contributed by atoms with Crippen LogP contribution in [0.5, 0.6) is 0 Å². The smallest absolute Gasteiger partial charge is 0.315 e. The molecule has 0 fully saturated rings. The van der Waals surface area contributed by atoms with Gasteiger partial charge in [-0.1, -0.05) is 23.7 Å². The highest BCUT2D eigenvalue weighted by Gasteiger charge is 2.14. The van der Waals surface area contributed by atoms with E-state index in [1.54, 1.807) is 12.1 Å². The molecule has 0 aromatic heterocycles. The Morgan fingerprint density at radius 1 is 1.53 bits per heavy atom. The van der Waals surface area contributed by atoms with E-state index in [-0.39, 0.29) is 17.0 Å². The molecular formula is C12H12ClNO2S. The standard InChI is InChI=1S/C12H12ClNO2S/c1-16-12(15)8-17-11(6-7-14)9-2-4-10(13)5-3-9/h2-5,11H,6,8H2,1H3. The highest BCUT2D eigenvalue weighted by molar-refractivity contribution is 8.00. The number of rotatable bonds is 5. The summed E-state index contributed by atoms with van der Waals surface area (Å²) in [6.45, 7) is 0. The van der Waals surface area contributed by atoms with Crippen molar-refractivity contribution in [3.63, 3.8) is 0 Å². The Kier molecular flexibility index (Phi) is 5.88. The van der Waals surface area contributed by atoms with Crippen LogP contribution in [0.15, 0.2) is 24.3 Å². The van der Waals surface area contributed by atoms with E-state index in [4.69, 9.17) is 16.9 Å². The van der Waals surface area contributed by atoms with E-state index in [0.717, 1.165) is 5.56 Å². The number of benzene rings is 1. The summed E-state index contributed by atoms with van der Waals surface area (Å²) in [5, 5.41) is 9.39. The van der Waals surface area contributed by atoms with Crippen LogP contribution in [0.25, 0.3) is 0 Å². The lowest BCUT2D eigenvalue weighted by molar-refractivity contribution is -0.137. The monoisotopic (exact) mass is 269 g/mol. The summed E-state index contributed by atoms with van der Waals surface area (Å²) in [5.41, 5.74) is 0.991. The van der Waals surface area contributed by atoms with Gasteiger partial charge in [0.05, 0.1) is 25.4 Å². The maximum atomic E-state index is 11.1. The molecule has 0 saturated heterocycles. The van der Waals surface area contributed by atoms with Crippen LogP contribution in [0.1, 0.15) is 17.2 Å². The van der Waals surface area contributed by atoms with Crippen molar-refractivity contribution in [1.29, 1.82) is 5.26 Å². The lowest BCUT2D eigenvalue weighted by Gasteiger charge is -2.13. The third-order valence-corrected chi connectivity index (χ3v) is 3.64. The van der Waals surface area contributed by atoms with Gasteiger partial charge in [-0.15, -0.1) is 11.8 Å². The lowest BCUT2D eigenvalue weighted by Crippen LogP contribution is -2.05. The van der Waals surface area contributed by atoms with Gasteiger partial charge in [0.25, 0.3) is 0 Å². The van der Waals surface area contributed by atoms with Gasteiger partial charge in [-0.05, 0) is 17.7 Å². The highest BCUT2D eigenvalue weighted by Crippen LogP contribution is 2.32. The first-order valence-electron chi connectivity index (χ1n) is 4.98. The summed E-state index contributed by atoms with van der Waals surface area (Å²) in [5.74, 6) is -0.0437. The van der Waals surface area contributed by atoms with Crippen molar-refractivity contribution in [3.8, 4) is 6.07 Å². The maximum absolute atomic E-state index is 11.1. The summed E-state index contributed by atoms with van der Waals surface area (Å²) in [4.78, 5) is 11.1. The third-order valence-electron chi connectivity index (χ3n) is 2.15. The Balaban J connectivity index is 2.68. The quantitative estimate of drug-likeness (QED) is 0.770. The SMILES string of the molecule is COC(=O)CSC(CC#N)c1ccc(Cl)cc1. The Hall–Kier alpha value is -1.18. The minimum atomic E-state index is -0.285. The van der Waals surface area contributed by atoms with Gasteiger partial charge in [0.15, 0.2) is 0 Å². The predicted octanol–water partition coefficient (Wildman–Crippen LogP) is 3.20. The summed E-state index contributed by atoms with van der Waals surface area (Å²) in [6.07, 6.45) is 0.350. The van der Waals surface area contributed by atoms with Crippen LogP contribution in [-0.4, -0.2) is 18.8 Å². The van der Waals surface area contributed by atoms with E-state index in [1.807, 2.05) is 12.1 Å². The van der Waals surface area contributed by atoms with Crippen molar-refractivity contribution < 1.29 is 9.53 Å². The lowest BCUT2D eigenvalue weighted by atomic mass is 10.1. The van der Waals surface area contributed by atoms with Crippen molar-refractivity contribution >= 4 is 29.3 Å². The van der Waals surface area contributed by atoms with E-state index in [1.165, 1.54) is 18.9 Å². The minimum absolute atomic E-state index is 0.0311. The Labute approximate surface area is 110 Å². The minimum Gasteiger partial charge on any atom is -0.468 e. The number of nitriles is 1. The van der Waals surface area contributed by atoms with Gasteiger partial charge in [0.1, 0.15) is 0 Å². The van der Waals surface area contributed by atoms with E-state index in [9.17, 15) is 4.79 Å². The second-order valence-electron chi connectivity index (χ2n) is 3.29. The zero-order valence-corrected chi connectivity index (χ0v) is 10.9. The summed E-state index contributed by atoms with van der Waals surface area (Å²) < 4.78 is 4.57.